The van der Waals surface area contributed by atoms with Gasteiger partial charge in [0.1, 0.15) is 5.78 Å². The van der Waals surface area contributed by atoms with Gasteiger partial charge in [-0.2, -0.15) is 0 Å². The van der Waals surface area contributed by atoms with Crippen molar-refractivity contribution in [1.82, 2.24) is 0 Å². The second-order valence-corrected chi connectivity index (χ2v) is 6.10. The summed E-state index contributed by atoms with van der Waals surface area (Å²) >= 11 is 0. The standard InChI is InChI=1S/C13H22O.C7H12O2.C2H6/c1-2-3-4-5-6-7-9-12-10-8-11-13(12)14;1-2-3-4-5-6-7(8)9;1-2/h7,9,12H,2-6,8,10-11H2,1H3;2-3H,4-6H2,1H3,(H,8,9);1-2H3/b9-7+;3-2-;. The van der Waals surface area contributed by atoms with Crippen LogP contribution < -0.4 is 0 Å². The molecule has 1 rings (SSSR count). The van der Waals surface area contributed by atoms with E-state index in [0.29, 0.717) is 5.78 Å². The molecule has 0 saturated heterocycles. The molecule has 0 aromatic carbocycles. The number of aliphatic carboxylic acids is 1. The summed E-state index contributed by atoms with van der Waals surface area (Å²) in [5, 5.41) is 8.19. The first-order valence-corrected chi connectivity index (χ1v) is 10.1. The maximum absolute atomic E-state index is 11.3. The fourth-order valence-corrected chi connectivity index (χ4v) is 2.53. The summed E-state index contributed by atoms with van der Waals surface area (Å²) in [6, 6.07) is 0. The monoisotopic (exact) mass is 352 g/mol. The number of carboxylic acid groups (broad SMARTS) is 1. The van der Waals surface area contributed by atoms with Crippen LogP contribution in [0.15, 0.2) is 24.3 Å². The molecule has 0 heterocycles. The predicted octanol–water partition coefficient (Wildman–Crippen LogP) is 6.73. The van der Waals surface area contributed by atoms with Crippen LogP contribution in [0.25, 0.3) is 0 Å². The van der Waals surface area contributed by atoms with Crippen LogP contribution >= 0.6 is 0 Å². The van der Waals surface area contributed by atoms with Gasteiger partial charge in [0, 0.05) is 18.8 Å². The quantitative estimate of drug-likeness (QED) is 0.350. The second kappa shape index (κ2) is 20.7. The van der Waals surface area contributed by atoms with Gasteiger partial charge in [0.2, 0.25) is 0 Å². The Labute approximate surface area is 155 Å². The van der Waals surface area contributed by atoms with Crippen LogP contribution in [0.2, 0.25) is 0 Å². The first kappa shape index (κ1) is 25.9. The van der Waals surface area contributed by atoms with Gasteiger partial charge in [0.25, 0.3) is 0 Å². The lowest BCUT2D eigenvalue weighted by atomic mass is 10.1. The van der Waals surface area contributed by atoms with Gasteiger partial charge in [-0.1, -0.05) is 64.3 Å². The van der Waals surface area contributed by atoms with E-state index in [0.717, 1.165) is 38.5 Å². The Bertz CT molecular complexity index is 369. The molecule has 0 spiro atoms. The Morgan fingerprint density at radius 1 is 1.12 bits per heavy atom. The topological polar surface area (TPSA) is 54.4 Å². The van der Waals surface area contributed by atoms with E-state index in [1.54, 1.807) is 0 Å². The molecular formula is C22H40O3. The van der Waals surface area contributed by atoms with E-state index >= 15 is 0 Å². The van der Waals surface area contributed by atoms with Crippen molar-refractivity contribution in [3.05, 3.63) is 24.3 Å². The highest BCUT2D eigenvalue weighted by atomic mass is 16.4. The van der Waals surface area contributed by atoms with E-state index in [1.165, 1.54) is 25.7 Å². The minimum Gasteiger partial charge on any atom is -0.481 e. The highest BCUT2D eigenvalue weighted by molar-refractivity contribution is 5.84. The lowest BCUT2D eigenvalue weighted by Gasteiger charge is -1.99. The summed E-state index contributed by atoms with van der Waals surface area (Å²) in [6.07, 6.45) is 19.6. The number of hydrogen-bond acceptors (Lipinski definition) is 2. The fourth-order valence-electron chi connectivity index (χ4n) is 2.53. The number of unbranched alkanes of at least 4 members (excludes halogenated alkanes) is 5. The second-order valence-electron chi connectivity index (χ2n) is 6.10. The molecule has 3 nitrogen and oxygen atoms in total. The first-order valence-electron chi connectivity index (χ1n) is 10.1. The average Bonchev–Trinajstić information content (AvgIpc) is 3.02. The molecule has 1 N–H and O–H groups in total. The summed E-state index contributed by atoms with van der Waals surface area (Å²) in [5.41, 5.74) is 0. The van der Waals surface area contributed by atoms with Crippen LogP contribution in [-0.4, -0.2) is 16.9 Å². The molecule has 1 saturated carbocycles. The van der Waals surface area contributed by atoms with Crippen LogP contribution in [0.4, 0.5) is 0 Å². The van der Waals surface area contributed by atoms with Crippen molar-refractivity contribution < 1.29 is 14.7 Å². The van der Waals surface area contributed by atoms with Crippen molar-refractivity contribution in [3.8, 4) is 0 Å². The SMILES string of the molecule is C/C=C\CCCC(=O)O.CC.CCCCCC/C=C/C1CCCC1=O. The Hall–Kier alpha value is -1.38. The van der Waals surface area contributed by atoms with E-state index in [9.17, 15) is 9.59 Å². The van der Waals surface area contributed by atoms with Gasteiger partial charge in [-0.15, -0.1) is 0 Å². The third-order valence-corrected chi connectivity index (χ3v) is 3.94. The summed E-state index contributed by atoms with van der Waals surface area (Å²) in [5.74, 6) is 0.00971. The van der Waals surface area contributed by atoms with Crippen molar-refractivity contribution in [1.29, 1.82) is 0 Å². The van der Waals surface area contributed by atoms with Gasteiger partial charge in [0.15, 0.2) is 0 Å². The smallest absolute Gasteiger partial charge is 0.303 e. The number of carbonyl (C=O) groups excluding carboxylic acids is 1. The van der Waals surface area contributed by atoms with Crippen LogP contribution in [0, 0.1) is 5.92 Å². The molecule has 1 atom stereocenters. The van der Waals surface area contributed by atoms with E-state index in [1.807, 2.05) is 32.9 Å². The maximum atomic E-state index is 11.3. The highest BCUT2D eigenvalue weighted by Gasteiger charge is 2.20. The summed E-state index contributed by atoms with van der Waals surface area (Å²) < 4.78 is 0. The lowest BCUT2D eigenvalue weighted by molar-refractivity contribution is -0.137. The highest BCUT2D eigenvalue weighted by Crippen LogP contribution is 2.22. The van der Waals surface area contributed by atoms with Gasteiger partial charge >= 0.3 is 5.97 Å². The molecule has 0 amide bonds. The molecular weight excluding hydrogens is 312 g/mol. The molecule has 0 bridgehead atoms. The largest absolute Gasteiger partial charge is 0.481 e. The minimum atomic E-state index is -0.709. The molecule has 0 aromatic heterocycles. The number of rotatable bonds is 10. The van der Waals surface area contributed by atoms with Gasteiger partial charge in [-0.25, -0.2) is 0 Å². The Morgan fingerprint density at radius 2 is 1.80 bits per heavy atom. The van der Waals surface area contributed by atoms with Crippen molar-refractivity contribution in [2.75, 3.05) is 0 Å². The minimum absolute atomic E-state index is 0.265. The average molecular weight is 353 g/mol. The van der Waals surface area contributed by atoms with Crippen molar-refractivity contribution in [2.45, 2.75) is 98.3 Å². The van der Waals surface area contributed by atoms with Gasteiger partial charge < -0.3 is 5.11 Å². The lowest BCUT2D eigenvalue weighted by Crippen LogP contribution is -2.01. The van der Waals surface area contributed by atoms with Gasteiger partial charge in [-0.3, -0.25) is 9.59 Å². The molecule has 1 aliphatic carbocycles. The van der Waals surface area contributed by atoms with Gasteiger partial charge in [0.05, 0.1) is 0 Å². The number of allylic oxidation sites excluding steroid dienone is 4. The van der Waals surface area contributed by atoms with Crippen molar-refractivity contribution in [3.63, 3.8) is 0 Å². The van der Waals surface area contributed by atoms with Crippen LogP contribution in [0.3, 0.4) is 0 Å². The zero-order valence-corrected chi connectivity index (χ0v) is 16.9. The molecule has 0 radical (unpaired) electrons. The van der Waals surface area contributed by atoms with E-state index in [-0.39, 0.29) is 12.3 Å². The van der Waals surface area contributed by atoms with Gasteiger partial charge in [-0.05, 0) is 45.4 Å². The number of hydrogen-bond donors (Lipinski definition) is 1. The number of ketones is 1. The van der Waals surface area contributed by atoms with Crippen molar-refractivity contribution in [2.24, 2.45) is 5.92 Å². The fraction of sp³-hybridized carbons (Fsp3) is 0.727. The summed E-state index contributed by atoms with van der Waals surface area (Å²) in [4.78, 5) is 21.2. The maximum Gasteiger partial charge on any atom is 0.303 e. The van der Waals surface area contributed by atoms with E-state index < -0.39 is 5.97 Å². The van der Waals surface area contributed by atoms with Crippen molar-refractivity contribution >= 4 is 11.8 Å². The molecule has 0 aromatic rings. The molecule has 1 unspecified atom stereocenters. The molecule has 1 fully saturated rings. The zero-order chi connectivity index (χ0) is 19.3. The molecule has 3 heteroatoms. The molecule has 25 heavy (non-hydrogen) atoms. The number of carboxylic acids is 1. The van der Waals surface area contributed by atoms with E-state index in [4.69, 9.17) is 5.11 Å². The first-order chi connectivity index (χ1) is 12.1. The van der Waals surface area contributed by atoms with Crippen LogP contribution in [-0.2, 0) is 9.59 Å². The predicted molar refractivity (Wildman–Crippen MR) is 108 cm³/mol. The normalized spacial score (nSPS) is 16.5. The Balaban J connectivity index is 0. The third-order valence-electron chi connectivity index (χ3n) is 3.94. The van der Waals surface area contributed by atoms with Crippen LogP contribution in [0.1, 0.15) is 98.3 Å². The molecule has 0 aliphatic heterocycles. The number of carbonyl (C=O) groups is 2. The Morgan fingerprint density at radius 3 is 2.32 bits per heavy atom. The summed E-state index contributed by atoms with van der Waals surface area (Å²) in [6.45, 7) is 8.16. The zero-order valence-electron chi connectivity index (χ0n) is 16.9. The van der Waals surface area contributed by atoms with Crippen LogP contribution in [0.5, 0.6) is 0 Å². The number of Topliss-reactive ketones (excluding diaryl/α,β-unsaturated/α-hetero) is 1. The molecule has 146 valence electrons. The summed E-state index contributed by atoms with van der Waals surface area (Å²) in [7, 11) is 0. The Kier molecular flexibility index (Phi) is 21.4. The third kappa shape index (κ3) is 18.8. The van der Waals surface area contributed by atoms with E-state index in [2.05, 4.69) is 19.1 Å². The molecule has 1 aliphatic rings.